The first-order valence-corrected chi connectivity index (χ1v) is 5.97. The Bertz CT molecular complexity index is 378. The van der Waals surface area contributed by atoms with Gasteiger partial charge in [0, 0.05) is 25.3 Å². The summed E-state index contributed by atoms with van der Waals surface area (Å²) in [6, 6.07) is 0.0641. The van der Waals surface area contributed by atoms with Gasteiger partial charge in [0.1, 0.15) is 5.57 Å². The minimum Gasteiger partial charge on any atom is -0.478 e. The predicted molar refractivity (Wildman–Crippen MR) is 64.8 cm³/mol. The number of carbonyl (C=O) groups excluding carboxylic acids is 2. The lowest BCUT2D eigenvalue weighted by Crippen LogP contribution is -2.54. The van der Waals surface area contributed by atoms with Gasteiger partial charge in [-0.05, 0) is 13.3 Å². The highest BCUT2D eigenvalue weighted by molar-refractivity contribution is 6.06. The number of nitrogens with zero attached hydrogens (tertiary/aromatic N) is 2. The molecular formula is C12H18N2O4. The molecule has 1 rings (SSSR count). The molecule has 0 radical (unpaired) electrons. The summed E-state index contributed by atoms with van der Waals surface area (Å²) in [6.07, 6.45) is 2.34. The molecule has 0 bridgehead atoms. The molecule has 18 heavy (non-hydrogen) atoms. The number of carboxylic acid groups (broad SMARTS) is 1. The fourth-order valence-electron chi connectivity index (χ4n) is 2.12. The summed E-state index contributed by atoms with van der Waals surface area (Å²) in [7, 11) is 0. The number of aldehydes is 1. The van der Waals surface area contributed by atoms with Crippen LogP contribution in [0, 0.1) is 0 Å². The van der Waals surface area contributed by atoms with Crippen molar-refractivity contribution in [1.82, 2.24) is 9.80 Å². The van der Waals surface area contributed by atoms with Crippen LogP contribution in [-0.4, -0.2) is 58.7 Å². The highest BCUT2D eigenvalue weighted by atomic mass is 16.4. The van der Waals surface area contributed by atoms with E-state index in [1.54, 1.807) is 9.80 Å². The zero-order valence-corrected chi connectivity index (χ0v) is 10.6. The molecule has 1 aliphatic heterocycles. The van der Waals surface area contributed by atoms with Crippen LogP contribution in [-0.2, 0) is 14.4 Å². The van der Waals surface area contributed by atoms with Crippen LogP contribution in [0.1, 0.15) is 20.3 Å². The van der Waals surface area contributed by atoms with Crippen LogP contribution in [0.25, 0.3) is 0 Å². The standard InChI is InChI=1S/C12H18N2O4/c1-3-10-6-13(5-9(8-15)12(17)18)7-11(16)14(10)4-2/h5,8,10H,3-4,6-7H2,1-2H3,(H,17,18)/b9-5+. The molecule has 1 fully saturated rings. The van der Waals surface area contributed by atoms with Crippen LogP contribution < -0.4 is 0 Å². The van der Waals surface area contributed by atoms with Crippen LogP contribution in [0.4, 0.5) is 0 Å². The SMILES string of the molecule is CCC1CN(/C=C(\C=O)C(=O)O)CC(=O)N1CC. The molecule has 6 heteroatoms. The molecule has 0 aromatic rings. The van der Waals surface area contributed by atoms with Crippen molar-refractivity contribution in [2.45, 2.75) is 26.3 Å². The summed E-state index contributed by atoms with van der Waals surface area (Å²) in [5.41, 5.74) is -0.331. The number of hydrogen-bond acceptors (Lipinski definition) is 4. The lowest BCUT2D eigenvalue weighted by Gasteiger charge is -2.40. The van der Waals surface area contributed by atoms with E-state index in [-0.39, 0.29) is 24.1 Å². The first-order chi connectivity index (χ1) is 8.53. The largest absolute Gasteiger partial charge is 0.478 e. The van der Waals surface area contributed by atoms with Crippen molar-refractivity contribution in [2.24, 2.45) is 0 Å². The normalized spacial score (nSPS) is 21.1. The number of carbonyl (C=O) groups is 3. The molecule has 0 aromatic carbocycles. The Balaban J connectivity index is 2.85. The number of aliphatic carboxylic acids is 1. The van der Waals surface area contributed by atoms with Crippen LogP contribution in [0.3, 0.4) is 0 Å². The van der Waals surface area contributed by atoms with Gasteiger partial charge in [0.05, 0.1) is 6.54 Å². The molecular weight excluding hydrogens is 236 g/mol. The molecule has 1 heterocycles. The predicted octanol–water partition coefficient (Wildman–Crippen LogP) is 0.0965. The van der Waals surface area contributed by atoms with E-state index in [1.807, 2.05) is 13.8 Å². The fourth-order valence-corrected chi connectivity index (χ4v) is 2.12. The third-order valence-corrected chi connectivity index (χ3v) is 3.05. The van der Waals surface area contributed by atoms with Crippen molar-refractivity contribution in [3.05, 3.63) is 11.8 Å². The van der Waals surface area contributed by atoms with E-state index in [4.69, 9.17) is 5.11 Å². The Morgan fingerprint density at radius 3 is 2.61 bits per heavy atom. The molecule has 100 valence electrons. The summed E-state index contributed by atoms with van der Waals surface area (Å²) in [5.74, 6) is -1.31. The zero-order valence-electron chi connectivity index (χ0n) is 10.6. The van der Waals surface area contributed by atoms with Crippen molar-refractivity contribution in [3.8, 4) is 0 Å². The Labute approximate surface area is 106 Å². The lowest BCUT2D eigenvalue weighted by molar-refractivity contribution is -0.139. The van der Waals surface area contributed by atoms with Gasteiger partial charge in [-0.1, -0.05) is 6.92 Å². The van der Waals surface area contributed by atoms with Crippen molar-refractivity contribution >= 4 is 18.2 Å². The van der Waals surface area contributed by atoms with Crippen LogP contribution in [0.15, 0.2) is 11.8 Å². The maximum atomic E-state index is 11.9. The van der Waals surface area contributed by atoms with Crippen molar-refractivity contribution in [2.75, 3.05) is 19.6 Å². The van der Waals surface area contributed by atoms with Crippen molar-refractivity contribution < 1.29 is 19.5 Å². The molecule has 1 amide bonds. The Kier molecular flexibility index (Phi) is 4.88. The molecule has 0 spiro atoms. The highest BCUT2D eigenvalue weighted by Gasteiger charge is 2.29. The molecule has 0 saturated carbocycles. The first-order valence-electron chi connectivity index (χ1n) is 5.97. The molecule has 1 N–H and O–H groups in total. The molecule has 1 saturated heterocycles. The van der Waals surface area contributed by atoms with Gasteiger partial charge in [0.2, 0.25) is 5.91 Å². The summed E-state index contributed by atoms with van der Waals surface area (Å²) in [5, 5.41) is 8.77. The summed E-state index contributed by atoms with van der Waals surface area (Å²) in [6.45, 7) is 5.22. The topological polar surface area (TPSA) is 77.9 Å². The monoisotopic (exact) mass is 254 g/mol. The van der Waals surface area contributed by atoms with Gasteiger partial charge >= 0.3 is 5.97 Å². The van der Waals surface area contributed by atoms with E-state index in [0.717, 1.165) is 6.42 Å². The van der Waals surface area contributed by atoms with Gasteiger partial charge in [-0.15, -0.1) is 0 Å². The number of likely N-dealkylation sites (N-methyl/N-ethyl adjacent to an activating group) is 1. The van der Waals surface area contributed by atoms with E-state index < -0.39 is 5.97 Å². The van der Waals surface area contributed by atoms with E-state index in [0.29, 0.717) is 19.4 Å². The quantitative estimate of drug-likeness (QED) is 0.326. The van der Waals surface area contributed by atoms with Gasteiger partial charge in [0.25, 0.3) is 0 Å². The number of amides is 1. The van der Waals surface area contributed by atoms with E-state index in [9.17, 15) is 14.4 Å². The highest BCUT2D eigenvalue weighted by Crippen LogP contribution is 2.14. The molecule has 0 aliphatic carbocycles. The van der Waals surface area contributed by atoms with Gasteiger partial charge in [0.15, 0.2) is 6.29 Å². The fraction of sp³-hybridized carbons (Fsp3) is 0.583. The van der Waals surface area contributed by atoms with Gasteiger partial charge < -0.3 is 14.9 Å². The lowest BCUT2D eigenvalue weighted by atomic mass is 10.1. The van der Waals surface area contributed by atoms with E-state index in [2.05, 4.69) is 0 Å². The van der Waals surface area contributed by atoms with Crippen molar-refractivity contribution in [3.63, 3.8) is 0 Å². The third kappa shape index (κ3) is 3.09. The van der Waals surface area contributed by atoms with Gasteiger partial charge in [-0.25, -0.2) is 4.79 Å². The second-order valence-corrected chi connectivity index (χ2v) is 4.18. The van der Waals surface area contributed by atoms with Crippen molar-refractivity contribution in [1.29, 1.82) is 0 Å². The summed E-state index contributed by atoms with van der Waals surface area (Å²) >= 11 is 0. The van der Waals surface area contributed by atoms with Crippen LogP contribution >= 0.6 is 0 Å². The Hall–Kier alpha value is -1.85. The summed E-state index contributed by atoms with van der Waals surface area (Å²) < 4.78 is 0. The Morgan fingerprint density at radius 2 is 2.17 bits per heavy atom. The average molecular weight is 254 g/mol. The maximum Gasteiger partial charge on any atom is 0.340 e. The minimum atomic E-state index is -1.27. The van der Waals surface area contributed by atoms with E-state index >= 15 is 0 Å². The zero-order chi connectivity index (χ0) is 13.7. The molecule has 6 nitrogen and oxygen atoms in total. The summed E-state index contributed by atoms with van der Waals surface area (Å²) in [4.78, 5) is 36.6. The smallest absolute Gasteiger partial charge is 0.340 e. The second kappa shape index (κ2) is 6.18. The number of hydrogen-bond donors (Lipinski definition) is 1. The molecule has 1 aliphatic rings. The van der Waals surface area contributed by atoms with Gasteiger partial charge in [-0.3, -0.25) is 9.59 Å². The third-order valence-electron chi connectivity index (χ3n) is 3.05. The first kappa shape index (κ1) is 14.2. The number of rotatable bonds is 5. The average Bonchev–Trinajstić information content (AvgIpc) is 2.34. The molecule has 1 unspecified atom stereocenters. The van der Waals surface area contributed by atoms with Crippen LogP contribution in [0.2, 0.25) is 0 Å². The number of carboxylic acids is 1. The maximum absolute atomic E-state index is 11.9. The van der Waals surface area contributed by atoms with Crippen LogP contribution in [0.5, 0.6) is 0 Å². The second-order valence-electron chi connectivity index (χ2n) is 4.18. The Morgan fingerprint density at radius 1 is 1.50 bits per heavy atom. The van der Waals surface area contributed by atoms with E-state index in [1.165, 1.54) is 6.20 Å². The number of piperazine rings is 1. The minimum absolute atomic E-state index is 0.0394. The molecule has 1 atom stereocenters. The van der Waals surface area contributed by atoms with Gasteiger partial charge in [-0.2, -0.15) is 0 Å². The molecule has 0 aromatic heterocycles.